The van der Waals surface area contributed by atoms with Crippen LogP contribution in [0.1, 0.15) is 25.8 Å². The van der Waals surface area contributed by atoms with E-state index in [1.54, 1.807) is 14.2 Å². The molecule has 3 rings (SSSR count). The van der Waals surface area contributed by atoms with E-state index >= 15 is 0 Å². The lowest BCUT2D eigenvalue weighted by atomic mass is 10.2. The Kier molecular flexibility index (Phi) is 9.48. The van der Waals surface area contributed by atoms with Gasteiger partial charge in [0.05, 0.1) is 18.9 Å². The number of ether oxygens (including phenoxy) is 2. The molecule has 8 heteroatoms. The van der Waals surface area contributed by atoms with E-state index in [9.17, 15) is 0 Å². The first-order chi connectivity index (χ1) is 14.1. The van der Waals surface area contributed by atoms with Gasteiger partial charge in [0.25, 0.3) is 0 Å². The Morgan fingerprint density at radius 1 is 1.27 bits per heavy atom. The standard InChI is InChI=1S/C22H31N5O2.HI/c1-16(2)29-21-10-9-17(13-24-21)14-25-22(23-3)26-18-11-12-27(15-18)19-7-5-6-8-20(19)28-4;/h5-10,13,16,18H,11-12,14-15H2,1-4H3,(H2,23,25,26);1H. The quantitative estimate of drug-likeness (QED) is 0.328. The third kappa shape index (κ3) is 6.65. The fourth-order valence-corrected chi connectivity index (χ4v) is 3.39. The second kappa shape index (κ2) is 11.8. The number of hydrogen-bond donors (Lipinski definition) is 2. The smallest absolute Gasteiger partial charge is 0.213 e. The van der Waals surface area contributed by atoms with E-state index in [-0.39, 0.29) is 30.1 Å². The molecule has 1 atom stereocenters. The largest absolute Gasteiger partial charge is 0.495 e. The van der Waals surface area contributed by atoms with Gasteiger partial charge in [-0.15, -0.1) is 24.0 Å². The van der Waals surface area contributed by atoms with E-state index in [4.69, 9.17) is 9.47 Å². The predicted octanol–water partition coefficient (Wildman–Crippen LogP) is 3.44. The van der Waals surface area contributed by atoms with Crippen LogP contribution < -0.4 is 25.0 Å². The number of para-hydroxylation sites is 2. The van der Waals surface area contributed by atoms with Gasteiger partial charge in [-0.25, -0.2) is 4.98 Å². The Morgan fingerprint density at radius 2 is 2.07 bits per heavy atom. The van der Waals surface area contributed by atoms with Crippen molar-refractivity contribution in [2.24, 2.45) is 4.99 Å². The van der Waals surface area contributed by atoms with Gasteiger partial charge in [-0.2, -0.15) is 0 Å². The maximum Gasteiger partial charge on any atom is 0.213 e. The number of benzene rings is 1. The minimum absolute atomic E-state index is 0. The van der Waals surface area contributed by atoms with Crippen LogP contribution in [0.25, 0.3) is 0 Å². The average Bonchev–Trinajstić information content (AvgIpc) is 3.20. The molecule has 30 heavy (non-hydrogen) atoms. The molecule has 0 radical (unpaired) electrons. The van der Waals surface area contributed by atoms with Gasteiger partial charge in [0.2, 0.25) is 5.88 Å². The molecule has 1 aromatic carbocycles. The minimum Gasteiger partial charge on any atom is -0.495 e. The summed E-state index contributed by atoms with van der Waals surface area (Å²) in [5.41, 5.74) is 2.21. The van der Waals surface area contributed by atoms with Crippen molar-refractivity contribution in [1.82, 2.24) is 15.6 Å². The summed E-state index contributed by atoms with van der Waals surface area (Å²) in [6.07, 6.45) is 3.00. The van der Waals surface area contributed by atoms with Crippen molar-refractivity contribution in [1.29, 1.82) is 0 Å². The number of aliphatic imine (C=N–C) groups is 1. The number of anilines is 1. The van der Waals surface area contributed by atoms with Crippen molar-refractivity contribution in [3.05, 3.63) is 48.2 Å². The van der Waals surface area contributed by atoms with Crippen LogP contribution in [0.2, 0.25) is 0 Å². The summed E-state index contributed by atoms with van der Waals surface area (Å²) in [7, 11) is 3.51. The predicted molar refractivity (Wildman–Crippen MR) is 132 cm³/mol. The van der Waals surface area contributed by atoms with E-state index in [1.165, 1.54) is 0 Å². The number of hydrogen-bond acceptors (Lipinski definition) is 5. The van der Waals surface area contributed by atoms with E-state index in [2.05, 4.69) is 31.6 Å². The SMILES string of the molecule is CN=C(NCc1ccc(OC(C)C)nc1)NC1CCN(c2ccccc2OC)C1.I. The maximum atomic E-state index is 5.59. The van der Waals surface area contributed by atoms with Gasteiger partial charge >= 0.3 is 0 Å². The van der Waals surface area contributed by atoms with Crippen molar-refractivity contribution < 1.29 is 9.47 Å². The molecule has 2 heterocycles. The third-order valence-corrected chi connectivity index (χ3v) is 4.79. The molecule has 0 aliphatic carbocycles. The molecule has 1 unspecified atom stereocenters. The van der Waals surface area contributed by atoms with Crippen LogP contribution in [-0.2, 0) is 6.54 Å². The molecule has 2 N–H and O–H groups in total. The summed E-state index contributed by atoms with van der Waals surface area (Å²) in [6.45, 7) is 6.52. The molecule has 0 spiro atoms. The van der Waals surface area contributed by atoms with Gasteiger partial charge < -0.3 is 25.0 Å². The fraction of sp³-hybridized carbons (Fsp3) is 0.455. The van der Waals surface area contributed by atoms with Crippen molar-refractivity contribution in [3.63, 3.8) is 0 Å². The lowest BCUT2D eigenvalue weighted by Gasteiger charge is -2.22. The Labute approximate surface area is 196 Å². The Hall–Kier alpha value is -2.23. The molecule has 2 aromatic rings. The number of rotatable bonds is 7. The van der Waals surface area contributed by atoms with Gasteiger partial charge in [0.1, 0.15) is 5.75 Å². The van der Waals surface area contributed by atoms with Gasteiger partial charge in [-0.05, 0) is 38.0 Å². The van der Waals surface area contributed by atoms with Crippen LogP contribution in [0.3, 0.4) is 0 Å². The van der Waals surface area contributed by atoms with Crippen molar-refractivity contribution in [3.8, 4) is 11.6 Å². The maximum absolute atomic E-state index is 5.59. The van der Waals surface area contributed by atoms with E-state index in [0.29, 0.717) is 18.5 Å². The topological polar surface area (TPSA) is 71.0 Å². The number of pyridine rings is 1. The van der Waals surface area contributed by atoms with Crippen molar-refractivity contribution in [2.75, 3.05) is 32.1 Å². The van der Waals surface area contributed by atoms with Gasteiger partial charge in [-0.1, -0.05) is 18.2 Å². The normalized spacial score (nSPS) is 16.2. The van der Waals surface area contributed by atoms with E-state index in [0.717, 1.165) is 42.5 Å². The molecule has 1 saturated heterocycles. The Morgan fingerprint density at radius 3 is 2.73 bits per heavy atom. The van der Waals surface area contributed by atoms with E-state index < -0.39 is 0 Å². The molecule has 7 nitrogen and oxygen atoms in total. The molecule has 0 saturated carbocycles. The van der Waals surface area contributed by atoms with Crippen LogP contribution in [0, 0.1) is 0 Å². The second-order valence-electron chi connectivity index (χ2n) is 7.34. The first kappa shape index (κ1) is 24.0. The first-order valence-corrected chi connectivity index (χ1v) is 10.1. The van der Waals surface area contributed by atoms with Crippen LogP contribution in [0.4, 0.5) is 5.69 Å². The average molecular weight is 525 g/mol. The lowest BCUT2D eigenvalue weighted by Crippen LogP contribution is -2.44. The number of methoxy groups -OCH3 is 1. The van der Waals surface area contributed by atoms with Crippen LogP contribution in [0.5, 0.6) is 11.6 Å². The van der Waals surface area contributed by atoms with Crippen LogP contribution in [0.15, 0.2) is 47.6 Å². The van der Waals surface area contributed by atoms with Gasteiger partial charge in [-0.3, -0.25) is 4.99 Å². The summed E-state index contributed by atoms with van der Waals surface area (Å²) >= 11 is 0. The zero-order chi connectivity index (χ0) is 20.6. The molecule has 0 amide bonds. The lowest BCUT2D eigenvalue weighted by molar-refractivity contribution is 0.232. The highest BCUT2D eigenvalue weighted by atomic mass is 127. The Balaban J connectivity index is 0.00000320. The number of guanidine groups is 1. The molecule has 0 bridgehead atoms. The van der Waals surface area contributed by atoms with Crippen molar-refractivity contribution >= 4 is 35.6 Å². The number of halogens is 1. The van der Waals surface area contributed by atoms with Gasteiger partial charge in [0, 0.05) is 45.0 Å². The minimum atomic E-state index is 0. The molecule has 164 valence electrons. The summed E-state index contributed by atoms with van der Waals surface area (Å²) in [5, 5.41) is 6.89. The highest BCUT2D eigenvalue weighted by Gasteiger charge is 2.25. The monoisotopic (exact) mass is 525 g/mol. The third-order valence-electron chi connectivity index (χ3n) is 4.79. The van der Waals surface area contributed by atoms with Crippen LogP contribution in [-0.4, -0.2) is 50.3 Å². The molecule has 1 fully saturated rings. The number of nitrogens with zero attached hydrogens (tertiary/aromatic N) is 3. The summed E-state index contributed by atoms with van der Waals surface area (Å²) < 4.78 is 11.1. The van der Waals surface area contributed by atoms with Gasteiger partial charge in [0.15, 0.2) is 5.96 Å². The molecule has 1 aliphatic heterocycles. The van der Waals surface area contributed by atoms with E-state index in [1.807, 2.05) is 50.4 Å². The molecule has 1 aromatic heterocycles. The Bertz CT molecular complexity index is 813. The summed E-state index contributed by atoms with van der Waals surface area (Å²) in [4.78, 5) is 11.1. The summed E-state index contributed by atoms with van der Waals surface area (Å²) in [6, 6.07) is 12.4. The zero-order valence-electron chi connectivity index (χ0n) is 18.1. The zero-order valence-corrected chi connectivity index (χ0v) is 20.4. The van der Waals surface area contributed by atoms with Crippen molar-refractivity contribution in [2.45, 2.75) is 39.0 Å². The fourth-order valence-electron chi connectivity index (χ4n) is 3.39. The number of nitrogens with one attached hydrogen (secondary N) is 2. The second-order valence-corrected chi connectivity index (χ2v) is 7.34. The number of aromatic nitrogens is 1. The summed E-state index contributed by atoms with van der Waals surface area (Å²) in [5.74, 6) is 2.35. The molecular formula is C22H32IN5O2. The highest BCUT2D eigenvalue weighted by Crippen LogP contribution is 2.30. The molecule has 1 aliphatic rings. The van der Waals surface area contributed by atoms with Crippen LogP contribution >= 0.6 is 24.0 Å². The highest BCUT2D eigenvalue weighted by molar-refractivity contribution is 14.0. The first-order valence-electron chi connectivity index (χ1n) is 10.1. The molecular weight excluding hydrogens is 493 g/mol.